The molecule has 0 aromatic heterocycles. The minimum atomic E-state index is -0.0182. The molecule has 1 aliphatic rings. The van der Waals surface area contributed by atoms with Crippen LogP contribution in [-0.4, -0.2) is 5.78 Å². The van der Waals surface area contributed by atoms with E-state index < -0.39 is 0 Å². The summed E-state index contributed by atoms with van der Waals surface area (Å²) in [5.74, 6) is 0.912. The highest BCUT2D eigenvalue weighted by Gasteiger charge is 2.38. The Morgan fingerprint density at radius 2 is 1.19 bits per heavy atom. The molecule has 0 saturated heterocycles. The summed E-state index contributed by atoms with van der Waals surface area (Å²) in [6.45, 7) is 0. The molecule has 1 fully saturated rings. The fraction of sp³-hybridized carbons (Fsp3) is 0.240. The van der Waals surface area contributed by atoms with Crippen molar-refractivity contribution < 1.29 is 4.79 Å². The number of Topliss-reactive ketones (excluding diaryl/α,β-unsaturated/α-hetero) is 1. The average Bonchev–Trinajstić information content (AvgIpc) is 2.71. The molecule has 2 atom stereocenters. The van der Waals surface area contributed by atoms with Crippen molar-refractivity contribution in [2.45, 2.75) is 31.1 Å². The molecule has 1 saturated carbocycles. The van der Waals surface area contributed by atoms with Gasteiger partial charge in [0, 0.05) is 18.3 Å². The molecule has 1 aliphatic carbocycles. The molecule has 130 valence electrons. The molecule has 0 radical (unpaired) electrons. The Morgan fingerprint density at radius 1 is 0.692 bits per heavy atom. The van der Waals surface area contributed by atoms with Gasteiger partial charge in [-0.3, -0.25) is 4.79 Å². The van der Waals surface area contributed by atoms with Crippen LogP contribution in [-0.2, 0) is 4.79 Å². The van der Waals surface area contributed by atoms with E-state index in [4.69, 9.17) is 0 Å². The predicted octanol–water partition coefficient (Wildman–Crippen LogP) is 5.97. The number of ketones is 1. The largest absolute Gasteiger partial charge is 0.299 e. The fourth-order valence-corrected chi connectivity index (χ4v) is 4.53. The third kappa shape index (κ3) is 3.35. The summed E-state index contributed by atoms with van der Waals surface area (Å²) in [5, 5.41) is 0. The van der Waals surface area contributed by atoms with Crippen LogP contribution in [0.2, 0.25) is 0 Å². The summed E-state index contributed by atoms with van der Waals surface area (Å²) < 4.78 is 0. The smallest absolute Gasteiger partial charge is 0.140 e. The Morgan fingerprint density at radius 3 is 1.73 bits per heavy atom. The molecule has 0 N–H and O–H groups in total. The van der Waals surface area contributed by atoms with Gasteiger partial charge in [0.15, 0.2) is 0 Å². The average molecular weight is 340 g/mol. The van der Waals surface area contributed by atoms with Gasteiger partial charge in [-0.05, 0) is 35.4 Å². The lowest BCUT2D eigenvalue weighted by atomic mass is 9.65. The molecule has 3 aromatic rings. The lowest BCUT2D eigenvalue weighted by molar-refractivity contribution is -0.123. The Bertz CT molecular complexity index is 800. The quantitative estimate of drug-likeness (QED) is 0.572. The maximum Gasteiger partial charge on any atom is 0.140 e. The van der Waals surface area contributed by atoms with Crippen molar-refractivity contribution in [3.8, 4) is 0 Å². The lowest BCUT2D eigenvalue weighted by Gasteiger charge is -2.37. The Kier molecular flexibility index (Phi) is 4.97. The van der Waals surface area contributed by atoms with E-state index in [0.717, 1.165) is 12.8 Å². The standard InChI is InChI=1S/C25H24O/c26-23-18-10-17-22(25(23)21-15-8-3-9-16-21)24(19-11-4-1-5-12-19)20-13-6-2-7-14-20/h1-9,11-16,22,24-25H,10,17-18H2/t22-,25-/m0/s1. The number of hydrogen-bond acceptors (Lipinski definition) is 1. The first kappa shape index (κ1) is 16.8. The van der Waals surface area contributed by atoms with Crippen LogP contribution < -0.4 is 0 Å². The number of benzene rings is 3. The molecule has 0 spiro atoms. The molecular weight excluding hydrogens is 316 g/mol. The second-order valence-corrected chi connectivity index (χ2v) is 7.21. The topological polar surface area (TPSA) is 17.1 Å². The van der Waals surface area contributed by atoms with Crippen molar-refractivity contribution in [2.75, 3.05) is 0 Å². The summed E-state index contributed by atoms with van der Waals surface area (Å²) in [6.07, 6.45) is 2.77. The van der Waals surface area contributed by atoms with Crippen LogP contribution in [0.5, 0.6) is 0 Å². The highest BCUT2D eigenvalue weighted by Crippen LogP contribution is 2.46. The zero-order valence-corrected chi connectivity index (χ0v) is 14.9. The van der Waals surface area contributed by atoms with Gasteiger partial charge in [-0.2, -0.15) is 0 Å². The van der Waals surface area contributed by atoms with Gasteiger partial charge in [-0.1, -0.05) is 91.0 Å². The number of hydrogen-bond donors (Lipinski definition) is 0. The normalized spacial score (nSPS) is 20.3. The van der Waals surface area contributed by atoms with Gasteiger partial charge >= 0.3 is 0 Å². The monoisotopic (exact) mass is 340 g/mol. The zero-order chi connectivity index (χ0) is 17.8. The highest BCUT2D eigenvalue weighted by molar-refractivity contribution is 5.87. The van der Waals surface area contributed by atoms with E-state index in [-0.39, 0.29) is 11.8 Å². The Labute approximate surface area is 155 Å². The Hall–Kier alpha value is -2.67. The van der Waals surface area contributed by atoms with Crippen LogP contribution in [0, 0.1) is 5.92 Å². The second-order valence-electron chi connectivity index (χ2n) is 7.21. The summed E-state index contributed by atoms with van der Waals surface area (Å²) in [5.41, 5.74) is 3.78. The van der Waals surface area contributed by atoms with Gasteiger partial charge in [0.2, 0.25) is 0 Å². The van der Waals surface area contributed by atoms with Gasteiger partial charge in [0.1, 0.15) is 5.78 Å². The number of rotatable bonds is 4. The van der Waals surface area contributed by atoms with Crippen molar-refractivity contribution in [1.29, 1.82) is 0 Å². The van der Waals surface area contributed by atoms with E-state index >= 15 is 0 Å². The van der Waals surface area contributed by atoms with Crippen molar-refractivity contribution in [3.63, 3.8) is 0 Å². The first-order chi connectivity index (χ1) is 12.8. The SMILES string of the molecule is O=C1CCC[C@@H](C(c2ccccc2)c2ccccc2)[C@@H]1c1ccccc1. The van der Waals surface area contributed by atoms with E-state index in [1.165, 1.54) is 16.7 Å². The highest BCUT2D eigenvalue weighted by atomic mass is 16.1. The van der Waals surface area contributed by atoms with Crippen LogP contribution in [0.25, 0.3) is 0 Å². The minimum absolute atomic E-state index is 0.0182. The van der Waals surface area contributed by atoms with E-state index in [1.54, 1.807) is 0 Å². The maximum atomic E-state index is 13.0. The van der Waals surface area contributed by atoms with Gasteiger partial charge < -0.3 is 0 Å². The molecule has 0 bridgehead atoms. The van der Waals surface area contributed by atoms with Crippen LogP contribution in [0.4, 0.5) is 0 Å². The molecule has 0 amide bonds. The summed E-state index contributed by atoms with van der Waals surface area (Å²) in [4.78, 5) is 13.0. The molecule has 0 aliphatic heterocycles. The van der Waals surface area contributed by atoms with Crippen LogP contribution >= 0.6 is 0 Å². The molecule has 1 heteroatoms. The van der Waals surface area contributed by atoms with Crippen molar-refractivity contribution >= 4 is 5.78 Å². The summed E-state index contributed by atoms with van der Waals surface area (Å²) >= 11 is 0. The minimum Gasteiger partial charge on any atom is -0.299 e. The van der Waals surface area contributed by atoms with Crippen LogP contribution in [0.3, 0.4) is 0 Å². The fourth-order valence-electron chi connectivity index (χ4n) is 4.53. The van der Waals surface area contributed by atoms with Crippen molar-refractivity contribution in [1.82, 2.24) is 0 Å². The van der Waals surface area contributed by atoms with E-state index in [0.29, 0.717) is 18.1 Å². The molecular formula is C25H24O. The number of carbonyl (C=O) groups is 1. The van der Waals surface area contributed by atoms with Gasteiger partial charge in [0.05, 0.1) is 0 Å². The molecule has 1 nitrogen and oxygen atoms in total. The molecule has 3 aromatic carbocycles. The van der Waals surface area contributed by atoms with Gasteiger partial charge in [-0.15, -0.1) is 0 Å². The molecule has 0 heterocycles. The molecule has 4 rings (SSSR count). The Balaban J connectivity index is 1.82. The third-order valence-electron chi connectivity index (χ3n) is 5.64. The zero-order valence-electron chi connectivity index (χ0n) is 14.9. The van der Waals surface area contributed by atoms with E-state index in [2.05, 4.69) is 72.8 Å². The first-order valence-electron chi connectivity index (χ1n) is 9.52. The molecule has 26 heavy (non-hydrogen) atoms. The lowest BCUT2D eigenvalue weighted by Crippen LogP contribution is -2.31. The summed E-state index contributed by atoms with van der Waals surface area (Å²) in [7, 11) is 0. The third-order valence-corrected chi connectivity index (χ3v) is 5.64. The first-order valence-corrected chi connectivity index (χ1v) is 9.52. The van der Waals surface area contributed by atoms with E-state index in [1.807, 2.05) is 18.2 Å². The number of carbonyl (C=O) groups excluding carboxylic acids is 1. The predicted molar refractivity (Wildman–Crippen MR) is 106 cm³/mol. The van der Waals surface area contributed by atoms with Crippen molar-refractivity contribution in [3.05, 3.63) is 108 Å². The maximum absolute atomic E-state index is 13.0. The van der Waals surface area contributed by atoms with E-state index in [9.17, 15) is 4.79 Å². The van der Waals surface area contributed by atoms with Gasteiger partial charge in [0.25, 0.3) is 0 Å². The van der Waals surface area contributed by atoms with Crippen LogP contribution in [0.15, 0.2) is 91.0 Å². The second kappa shape index (κ2) is 7.70. The molecule has 0 unspecified atom stereocenters. The van der Waals surface area contributed by atoms with Crippen molar-refractivity contribution in [2.24, 2.45) is 5.92 Å². The summed E-state index contributed by atoms with van der Waals surface area (Å²) in [6, 6.07) is 31.7. The van der Waals surface area contributed by atoms with Crippen LogP contribution in [0.1, 0.15) is 47.8 Å². The van der Waals surface area contributed by atoms with Gasteiger partial charge in [-0.25, -0.2) is 0 Å².